The molecule has 0 aliphatic heterocycles. The van der Waals surface area contributed by atoms with E-state index in [2.05, 4.69) is 24.1 Å². The first-order valence-electron chi connectivity index (χ1n) is 7.65. The van der Waals surface area contributed by atoms with Crippen LogP contribution in [0.3, 0.4) is 0 Å². The number of nitrogens with zero attached hydrogens (tertiary/aromatic N) is 1. The van der Waals surface area contributed by atoms with Crippen molar-refractivity contribution in [1.29, 1.82) is 0 Å². The smallest absolute Gasteiger partial charge is 0.251 e. The Kier molecular flexibility index (Phi) is 4.99. The summed E-state index contributed by atoms with van der Waals surface area (Å²) in [5, 5.41) is 3.14. The fourth-order valence-corrected chi connectivity index (χ4v) is 2.96. The number of aryl methyl sites for hydroxylation is 1. The van der Waals surface area contributed by atoms with E-state index in [4.69, 9.17) is 5.73 Å². The van der Waals surface area contributed by atoms with E-state index in [1.165, 1.54) is 12.8 Å². The fraction of sp³-hybridized carbons (Fsp3) is 0.625. The molecule has 3 N–H and O–H groups in total. The van der Waals surface area contributed by atoms with Gasteiger partial charge in [0.25, 0.3) is 5.91 Å². The summed E-state index contributed by atoms with van der Waals surface area (Å²) < 4.78 is 0. The van der Waals surface area contributed by atoms with E-state index in [1.54, 1.807) is 6.07 Å². The molecule has 1 aliphatic carbocycles. The van der Waals surface area contributed by atoms with Crippen molar-refractivity contribution in [3.63, 3.8) is 0 Å². The van der Waals surface area contributed by atoms with Crippen LogP contribution in [0.2, 0.25) is 0 Å². The zero-order chi connectivity index (χ0) is 14.5. The Hall–Kier alpha value is -1.58. The number of carbonyl (C=O) groups is 1. The summed E-state index contributed by atoms with van der Waals surface area (Å²) in [6.07, 6.45) is 6.48. The van der Waals surface area contributed by atoms with Crippen LogP contribution in [0.1, 0.15) is 62.0 Å². The third kappa shape index (κ3) is 3.95. The zero-order valence-corrected chi connectivity index (χ0v) is 12.5. The molecule has 0 radical (unpaired) electrons. The van der Waals surface area contributed by atoms with Gasteiger partial charge in [-0.3, -0.25) is 4.79 Å². The first-order valence-corrected chi connectivity index (χ1v) is 7.65. The predicted octanol–water partition coefficient (Wildman–Crippen LogP) is 2.92. The monoisotopic (exact) mass is 275 g/mol. The van der Waals surface area contributed by atoms with Gasteiger partial charge in [0, 0.05) is 17.3 Å². The maximum absolute atomic E-state index is 12.3. The molecule has 1 aromatic rings. The second-order valence-corrected chi connectivity index (χ2v) is 5.96. The quantitative estimate of drug-likeness (QED) is 0.887. The standard InChI is InChI=1S/C16H25N3O/c1-3-5-13-9-12(10-15(17)18-13)16(20)19-14-7-4-6-11(2)8-14/h9-11,14H,3-8H2,1-2H3,(H2,17,18)(H,19,20). The van der Waals surface area contributed by atoms with Crippen LogP contribution in [0.4, 0.5) is 5.82 Å². The van der Waals surface area contributed by atoms with Crippen molar-refractivity contribution in [1.82, 2.24) is 10.3 Å². The molecule has 1 aliphatic rings. The van der Waals surface area contributed by atoms with Gasteiger partial charge in [0.05, 0.1) is 0 Å². The van der Waals surface area contributed by atoms with Crippen molar-refractivity contribution in [3.05, 3.63) is 23.4 Å². The highest BCUT2D eigenvalue weighted by molar-refractivity contribution is 5.95. The molecule has 0 bridgehead atoms. The van der Waals surface area contributed by atoms with E-state index in [9.17, 15) is 4.79 Å². The van der Waals surface area contributed by atoms with Gasteiger partial charge >= 0.3 is 0 Å². The molecule has 1 heterocycles. The van der Waals surface area contributed by atoms with Crippen molar-refractivity contribution in [2.75, 3.05) is 5.73 Å². The van der Waals surface area contributed by atoms with Gasteiger partial charge < -0.3 is 11.1 Å². The minimum absolute atomic E-state index is 0.0180. The normalized spacial score (nSPS) is 22.5. The maximum Gasteiger partial charge on any atom is 0.251 e. The Morgan fingerprint density at radius 1 is 1.45 bits per heavy atom. The SMILES string of the molecule is CCCc1cc(C(=O)NC2CCCC(C)C2)cc(N)n1. The molecular weight excluding hydrogens is 250 g/mol. The Balaban J connectivity index is 2.04. The molecule has 0 aromatic carbocycles. The Bertz CT molecular complexity index is 473. The van der Waals surface area contributed by atoms with Crippen LogP contribution < -0.4 is 11.1 Å². The minimum atomic E-state index is -0.0180. The minimum Gasteiger partial charge on any atom is -0.384 e. The lowest BCUT2D eigenvalue weighted by atomic mass is 9.87. The molecular formula is C16H25N3O. The highest BCUT2D eigenvalue weighted by Crippen LogP contribution is 2.23. The number of amides is 1. The van der Waals surface area contributed by atoms with Crippen molar-refractivity contribution >= 4 is 11.7 Å². The molecule has 4 heteroatoms. The van der Waals surface area contributed by atoms with Crippen molar-refractivity contribution in [3.8, 4) is 0 Å². The lowest BCUT2D eigenvalue weighted by Crippen LogP contribution is -2.38. The largest absolute Gasteiger partial charge is 0.384 e. The summed E-state index contributed by atoms with van der Waals surface area (Å²) in [4.78, 5) is 16.6. The number of aromatic nitrogens is 1. The summed E-state index contributed by atoms with van der Waals surface area (Å²) in [6, 6.07) is 3.83. The van der Waals surface area contributed by atoms with E-state index in [0.29, 0.717) is 23.3 Å². The summed E-state index contributed by atoms with van der Waals surface area (Å²) >= 11 is 0. The first kappa shape index (κ1) is 14.8. The average Bonchev–Trinajstić information content (AvgIpc) is 2.38. The number of hydrogen-bond donors (Lipinski definition) is 2. The van der Waals surface area contributed by atoms with Crippen molar-refractivity contribution in [2.24, 2.45) is 5.92 Å². The van der Waals surface area contributed by atoms with Gasteiger partial charge in [-0.25, -0.2) is 4.98 Å². The van der Waals surface area contributed by atoms with E-state index < -0.39 is 0 Å². The molecule has 2 unspecified atom stereocenters. The third-order valence-electron chi connectivity index (χ3n) is 3.94. The molecule has 1 fully saturated rings. The van der Waals surface area contributed by atoms with Crippen LogP contribution in [0.25, 0.3) is 0 Å². The molecule has 0 saturated heterocycles. The van der Waals surface area contributed by atoms with Crippen LogP contribution in [-0.2, 0) is 6.42 Å². The number of nitrogens with two attached hydrogens (primary N) is 1. The number of nitrogens with one attached hydrogen (secondary N) is 1. The molecule has 1 saturated carbocycles. The Labute approximate surface area is 121 Å². The fourth-order valence-electron chi connectivity index (χ4n) is 2.96. The van der Waals surface area contributed by atoms with Gasteiger partial charge in [-0.05, 0) is 37.3 Å². The molecule has 4 nitrogen and oxygen atoms in total. The summed E-state index contributed by atoms with van der Waals surface area (Å²) in [6.45, 7) is 4.34. The highest BCUT2D eigenvalue weighted by Gasteiger charge is 2.21. The van der Waals surface area contributed by atoms with Crippen molar-refractivity contribution in [2.45, 2.75) is 58.4 Å². The summed E-state index contributed by atoms with van der Waals surface area (Å²) in [5.74, 6) is 1.11. The number of pyridine rings is 1. The number of rotatable bonds is 4. The lowest BCUT2D eigenvalue weighted by Gasteiger charge is -2.27. The first-order chi connectivity index (χ1) is 9.58. The Morgan fingerprint density at radius 2 is 2.25 bits per heavy atom. The van der Waals surface area contributed by atoms with Crippen LogP contribution in [0, 0.1) is 5.92 Å². The van der Waals surface area contributed by atoms with Crippen molar-refractivity contribution < 1.29 is 4.79 Å². The second kappa shape index (κ2) is 6.73. The topological polar surface area (TPSA) is 68.0 Å². The van der Waals surface area contributed by atoms with E-state index in [1.807, 2.05) is 6.07 Å². The van der Waals surface area contributed by atoms with Gasteiger partial charge in [-0.15, -0.1) is 0 Å². The highest BCUT2D eigenvalue weighted by atomic mass is 16.1. The molecule has 0 spiro atoms. The number of carbonyl (C=O) groups excluding carboxylic acids is 1. The Morgan fingerprint density at radius 3 is 2.95 bits per heavy atom. The lowest BCUT2D eigenvalue weighted by molar-refractivity contribution is 0.0921. The molecule has 2 rings (SSSR count). The van der Waals surface area contributed by atoms with E-state index in [-0.39, 0.29) is 5.91 Å². The van der Waals surface area contributed by atoms with Gasteiger partial charge in [0.2, 0.25) is 0 Å². The maximum atomic E-state index is 12.3. The second-order valence-electron chi connectivity index (χ2n) is 5.96. The molecule has 110 valence electrons. The summed E-state index contributed by atoms with van der Waals surface area (Å²) in [5.41, 5.74) is 7.33. The van der Waals surface area contributed by atoms with E-state index >= 15 is 0 Å². The summed E-state index contributed by atoms with van der Waals surface area (Å²) in [7, 11) is 0. The molecule has 2 atom stereocenters. The van der Waals surface area contributed by atoms with Gasteiger partial charge in [0.15, 0.2) is 0 Å². The third-order valence-corrected chi connectivity index (χ3v) is 3.94. The van der Waals surface area contributed by atoms with Gasteiger partial charge in [0.1, 0.15) is 5.82 Å². The van der Waals surface area contributed by atoms with Crippen LogP contribution in [0.15, 0.2) is 12.1 Å². The van der Waals surface area contributed by atoms with Gasteiger partial charge in [-0.2, -0.15) is 0 Å². The number of hydrogen-bond acceptors (Lipinski definition) is 3. The number of nitrogen functional groups attached to an aromatic ring is 1. The van der Waals surface area contributed by atoms with Crippen LogP contribution in [0.5, 0.6) is 0 Å². The molecule has 1 amide bonds. The van der Waals surface area contributed by atoms with Gasteiger partial charge in [-0.1, -0.05) is 33.1 Å². The molecule has 1 aromatic heterocycles. The van der Waals surface area contributed by atoms with E-state index in [0.717, 1.165) is 31.4 Å². The molecule has 20 heavy (non-hydrogen) atoms. The number of anilines is 1. The zero-order valence-electron chi connectivity index (χ0n) is 12.5. The van der Waals surface area contributed by atoms with Crippen LogP contribution in [-0.4, -0.2) is 16.9 Å². The predicted molar refractivity (Wildman–Crippen MR) is 81.5 cm³/mol. The van der Waals surface area contributed by atoms with Crippen LogP contribution >= 0.6 is 0 Å². The average molecular weight is 275 g/mol.